The van der Waals surface area contributed by atoms with E-state index in [1.807, 2.05) is 13.8 Å². The van der Waals surface area contributed by atoms with Crippen LogP contribution in [0.3, 0.4) is 0 Å². The highest BCUT2D eigenvalue weighted by molar-refractivity contribution is 7.91. The first-order valence-electron chi connectivity index (χ1n) is 8.55. The van der Waals surface area contributed by atoms with E-state index in [-0.39, 0.29) is 34.8 Å². The average Bonchev–Trinajstić information content (AvgIpc) is 2.91. The van der Waals surface area contributed by atoms with Crippen LogP contribution in [-0.2, 0) is 19.4 Å². The van der Waals surface area contributed by atoms with Crippen molar-refractivity contribution < 1.29 is 27.9 Å². The molecule has 0 saturated carbocycles. The fraction of sp³-hybridized carbons (Fsp3) is 0.556. The number of hydrogen-bond acceptors (Lipinski definition) is 6. The maximum Gasteiger partial charge on any atom is 0.342 e. The van der Waals surface area contributed by atoms with Crippen molar-refractivity contribution in [3.05, 3.63) is 29.3 Å². The van der Waals surface area contributed by atoms with E-state index < -0.39 is 28.3 Å². The fourth-order valence-corrected chi connectivity index (χ4v) is 4.70. The van der Waals surface area contributed by atoms with Crippen LogP contribution in [0.25, 0.3) is 0 Å². The zero-order chi connectivity index (χ0) is 19.5. The topological polar surface area (TPSA) is 101 Å². The van der Waals surface area contributed by atoms with Crippen LogP contribution in [0.1, 0.15) is 36.2 Å². The summed E-state index contributed by atoms with van der Waals surface area (Å²) in [7, 11) is -3.13. The minimum atomic E-state index is -3.13. The van der Waals surface area contributed by atoms with Gasteiger partial charge in [0.1, 0.15) is 11.3 Å². The van der Waals surface area contributed by atoms with Crippen molar-refractivity contribution in [3.63, 3.8) is 0 Å². The third kappa shape index (κ3) is 5.20. The SMILES string of the molecule is Cc1ccc(O)c(C(=O)OCC(=O)N(CC(C)C)C2CCS(=O)(=O)C2)c1. The summed E-state index contributed by atoms with van der Waals surface area (Å²) in [5.74, 6) is -1.27. The smallest absolute Gasteiger partial charge is 0.342 e. The lowest BCUT2D eigenvalue weighted by atomic mass is 10.1. The molecule has 1 amide bonds. The van der Waals surface area contributed by atoms with Crippen LogP contribution < -0.4 is 0 Å². The van der Waals surface area contributed by atoms with Crippen molar-refractivity contribution in [1.29, 1.82) is 0 Å². The molecule has 1 aliphatic rings. The fourth-order valence-electron chi connectivity index (χ4n) is 2.97. The summed E-state index contributed by atoms with van der Waals surface area (Å²) in [6.07, 6.45) is 0.396. The van der Waals surface area contributed by atoms with Gasteiger partial charge in [0, 0.05) is 12.6 Å². The Bertz CT molecular complexity index is 787. The van der Waals surface area contributed by atoms with Crippen LogP contribution in [0, 0.1) is 12.8 Å². The quantitative estimate of drug-likeness (QED) is 0.748. The van der Waals surface area contributed by atoms with E-state index in [1.165, 1.54) is 17.0 Å². The van der Waals surface area contributed by atoms with Crippen molar-refractivity contribution in [2.24, 2.45) is 5.92 Å². The van der Waals surface area contributed by atoms with Crippen molar-refractivity contribution in [3.8, 4) is 5.75 Å². The number of phenols is 1. The standard InChI is InChI=1S/C18H25NO6S/c1-12(2)9-19(14-6-7-26(23,24)11-14)17(21)10-25-18(22)15-8-13(3)4-5-16(15)20/h4-5,8,12,14,20H,6-7,9-11H2,1-3H3. The van der Waals surface area contributed by atoms with Crippen LogP contribution in [0.2, 0.25) is 0 Å². The van der Waals surface area contributed by atoms with Gasteiger partial charge in [-0.1, -0.05) is 25.5 Å². The predicted octanol–water partition coefficient (Wildman–Crippen LogP) is 1.53. The molecule has 0 aromatic heterocycles. The second-order valence-electron chi connectivity index (χ2n) is 7.09. The summed E-state index contributed by atoms with van der Waals surface area (Å²) >= 11 is 0. The Morgan fingerprint density at radius 2 is 2.04 bits per heavy atom. The molecule has 8 heteroatoms. The Hall–Kier alpha value is -2.09. The first-order chi connectivity index (χ1) is 12.1. The van der Waals surface area contributed by atoms with Gasteiger partial charge in [0.15, 0.2) is 16.4 Å². The highest BCUT2D eigenvalue weighted by Crippen LogP contribution is 2.21. The number of aryl methyl sites for hydroxylation is 1. The number of hydrogen-bond donors (Lipinski definition) is 1. The molecule has 1 unspecified atom stereocenters. The number of benzene rings is 1. The minimum Gasteiger partial charge on any atom is -0.507 e. The number of rotatable bonds is 6. The first kappa shape index (κ1) is 20.2. The first-order valence-corrected chi connectivity index (χ1v) is 10.4. The molecule has 0 bridgehead atoms. The van der Waals surface area contributed by atoms with E-state index in [2.05, 4.69) is 0 Å². The second kappa shape index (κ2) is 8.07. The number of ether oxygens (including phenoxy) is 1. The Kier molecular flexibility index (Phi) is 6.28. The summed E-state index contributed by atoms with van der Waals surface area (Å²) < 4.78 is 28.5. The molecule has 1 aromatic rings. The van der Waals surface area contributed by atoms with Crippen LogP contribution >= 0.6 is 0 Å². The zero-order valence-corrected chi connectivity index (χ0v) is 16.1. The maximum absolute atomic E-state index is 12.6. The van der Waals surface area contributed by atoms with Gasteiger partial charge in [-0.2, -0.15) is 0 Å². The Labute approximate surface area is 153 Å². The van der Waals surface area contributed by atoms with Crippen molar-refractivity contribution in [2.75, 3.05) is 24.7 Å². The van der Waals surface area contributed by atoms with Gasteiger partial charge in [0.25, 0.3) is 5.91 Å². The van der Waals surface area contributed by atoms with Gasteiger partial charge in [0.05, 0.1) is 11.5 Å². The Morgan fingerprint density at radius 3 is 2.62 bits per heavy atom. The molecule has 0 radical (unpaired) electrons. The maximum atomic E-state index is 12.6. The number of sulfone groups is 1. The number of carbonyl (C=O) groups is 2. The highest BCUT2D eigenvalue weighted by atomic mass is 32.2. The lowest BCUT2D eigenvalue weighted by molar-refractivity contribution is -0.137. The lowest BCUT2D eigenvalue weighted by Gasteiger charge is -2.29. The molecule has 1 aromatic carbocycles. The third-order valence-electron chi connectivity index (χ3n) is 4.23. The number of aromatic hydroxyl groups is 1. The molecule has 1 heterocycles. The predicted molar refractivity (Wildman–Crippen MR) is 96.7 cm³/mol. The van der Waals surface area contributed by atoms with Gasteiger partial charge in [0.2, 0.25) is 0 Å². The summed E-state index contributed by atoms with van der Waals surface area (Å²) in [5, 5.41) is 9.77. The minimum absolute atomic E-state index is 0.00310. The third-order valence-corrected chi connectivity index (χ3v) is 5.98. The molecule has 0 aliphatic carbocycles. The van der Waals surface area contributed by atoms with Crippen LogP contribution in [0.4, 0.5) is 0 Å². The zero-order valence-electron chi connectivity index (χ0n) is 15.3. The van der Waals surface area contributed by atoms with Crippen LogP contribution in [-0.4, -0.2) is 61.0 Å². The molecular formula is C18H25NO6S. The number of nitrogens with zero attached hydrogens (tertiary/aromatic N) is 1. The number of amides is 1. The van der Waals surface area contributed by atoms with E-state index in [9.17, 15) is 23.1 Å². The van der Waals surface area contributed by atoms with Crippen molar-refractivity contribution in [2.45, 2.75) is 33.2 Å². The lowest BCUT2D eigenvalue weighted by Crippen LogP contribution is -2.45. The molecule has 7 nitrogen and oxygen atoms in total. The van der Waals surface area contributed by atoms with E-state index in [0.717, 1.165) is 5.56 Å². The van der Waals surface area contributed by atoms with Gasteiger partial charge in [-0.15, -0.1) is 0 Å². The van der Waals surface area contributed by atoms with E-state index in [0.29, 0.717) is 13.0 Å². The monoisotopic (exact) mass is 383 g/mol. The summed E-state index contributed by atoms with van der Waals surface area (Å²) in [6, 6.07) is 4.14. The Balaban J connectivity index is 2.05. The van der Waals surface area contributed by atoms with Crippen LogP contribution in [0.5, 0.6) is 5.75 Å². The number of phenolic OH excluding ortho intramolecular Hbond substituents is 1. The van der Waals surface area contributed by atoms with E-state index >= 15 is 0 Å². The number of esters is 1. The summed E-state index contributed by atoms with van der Waals surface area (Å²) in [6.45, 7) is 5.54. The van der Waals surface area contributed by atoms with Gasteiger partial charge in [-0.3, -0.25) is 4.79 Å². The molecule has 0 spiro atoms. The van der Waals surface area contributed by atoms with Gasteiger partial charge < -0.3 is 14.7 Å². The van der Waals surface area contributed by atoms with E-state index in [4.69, 9.17) is 4.74 Å². The molecule has 144 valence electrons. The molecule has 2 rings (SSSR count). The van der Waals surface area contributed by atoms with Crippen molar-refractivity contribution in [1.82, 2.24) is 4.90 Å². The Morgan fingerprint density at radius 1 is 1.35 bits per heavy atom. The van der Waals surface area contributed by atoms with E-state index in [1.54, 1.807) is 13.0 Å². The molecule has 1 atom stereocenters. The highest BCUT2D eigenvalue weighted by Gasteiger charge is 2.35. The van der Waals surface area contributed by atoms with Gasteiger partial charge >= 0.3 is 5.97 Å². The van der Waals surface area contributed by atoms with Gasteiger partial charge in [-0.05, 0) is 31.4 Å². The summed E-state index contributed by atoms with van der Waals surface area (Å²) in [5.41, 5.74) is 0.773. The average molecular weight is 383 g/mol. The summed E-state index contributed by atoms with van der Waals surface area (Å²) in [4.78, 5) is 26.2. The van der Waals surface area contributed by atoms with Crippen molar-refractivity contribution >= 4 is 21.7 Å². The van der Waals surface area contributed by atoms with Crippen LogP contribution in [0.15, 0.2) is 18.2 Å². The molecule has 26 heavy (non-hydrogen) atoms. The molecule has 1 saturated heterocycles. The molecular weight excluding hydrogens is 358 g/mol. The van der Waals surface area contributed by atoms with Gasteiger partial charge in [-0.25, -0.2) is 13.2 Å². The largest absolute Gasteiger partial charge is 0.507 e. The molecule has 1 aliphatic heterocycles. The number of carbonyl (C=O) groups excluding carboxylic acids is 2. The normalized spacial score (nSPS) is 18.7. The second-order valence-corrected chi connectivity index (χ2v) is 9.32. The molecule has 1 fully saturated rings. The molecule has 1 N–H and O–H groups in total.